The van der Waals surface area contributed by atoms with Crippen molar-refractivity contribution in [3.63, 3.8) is 0 Å². The molecular formula is C19H22N2O2S. The molecule has 24 heavy (non-hydrogen) atoms. The fourth-order valence-electron chi connectivity index (χ4n) is 2.51. The number of amides is 2. The zero-order valence-electron chi connectivity index (χ0n) is 14.2. The van der Waals surface area contributed by atoms with Crippen molar-refractivity contribution in [2.75, 3.05) is 0 Å². The summed E-state index contributed by atoms with van der Waals surface area (Å²) >= 11 is 0. The van der Waals surface area contributed by atoms with Crippen LogP contribution in [0.3, 0.4) is 0 Å². The molecule has 0 aliphatic heterocycles. The van der Waals surface area contributed by atoms with Crippen LogP contribution in [-0.2, 0) is 17.4 Å². The van der Waals surface area contributed by atoms with Crippen molar-refractivity contribution in [2.45, 2.75) is 32.1 Å². The quantitative estimate of drug-likeness (QED) is 0.894. The number of nitrogens with two attached hydrogens (primary N) is 1. The van der Waals surface area contributed by atoms with Crippen LogP contribution in [0.15, 0.2) is 53.9 Å². The molecule has 2 rings (SSSR count). The van der Waals surface area contributed by atoms with Crippen molar-refractivity contribution in [1.82, 2.24) is 4.31 Å². The number of nitrogens with zero attached hydrogens (tertiary/aromatic N) is 1. The molecule has 0 aromatic heterocycles. The van der Waals surface area contributed by atoms with Gasteiger partial charge in [0.25, 0.3) is 0 Å². The molecule has 4 nitrogen and oxygen atoms in total. The Morgan fingerprint density at radius 3 is 2.29 bits per heavy atom. The van der Waals surface area contributed by atoms with Crippen molar-refractivity contribution in [3.8, 4) is 0 Å². The average molecular weight is 342 g/mol. The first kappa shape index (κ1) is 17.9. The van der Waals surface area contributed by atoms with E-state index in [2.05, 4.69) is 6.58 Å². The first-order valence-corrected chi connectivity index (χ1v) is 8.82. The number of hydrogen-bond donors (Lipinski definition) is 1. The smallest absolute Gasteiger partial charge is 0.331 e. The van der Waals surface area contributed by atoms with Gasteiger partial charge >= 0.3 is 6.03 Å². The molecule has 0 aliphatic carbocycles. The third kappa shape index (κ3) is 3.74. The predicted molar refractivity (Wildman–Crippen MR) is 98.6 cm³/mol. The number of urea groups is 1. The second-order valence-corrected chi connectivity index (χ2v) is 6.98. The fraction of sp³-hybridized carbons (Fsp3) is 0.211. The topological polar surface area (TPSA) is 63.4 Å². The van der Waals surface area contributed by atoms with E-state index in [1.54, 1.807) is 12.1 Å². The molecule has 0 aliphatic rings. The van der Waals surface area contributed by atoms with E-state index in [0.29, 0.717) is 10.6 Å². The largest absolute Gasteiger partial charge is 0.350 e. The van der Waals surface area contributed by atoms with Gasteiger partial charge in [-0.1, -0.05) is 49.4 Å². The summed E-state index contributed by atoms with van der Waals surface area (Å²) in [4.78, 5) is 12.4. The van der Waals surface area contributed by atoms with Gasteiger partial charge in [-0.3, -0.25) is 0 Å². The Morgan fingerprint density at radius 1 is 1.17 bits per heavy atom. The van der Waals surface area contributed by atoms with Crippen LogP contribution < -0.4 is 5.73 Å². The van der Waals surface area contributed by atoms with Gasteiger partial charge in [0, 0.05) is 5.56 Å². The number of primary amides is 1. The molecule has 2 N–H and O–H groups in total. The third-order valence-corrected chi connectivity index (χ3v) is 5.24. The highest BCUT2D eigenvalue weighted by molar-refractivity contribution is 7.83. The number of rotatable bonds is 5. The van der Waals surface area contributed by atoms with Crippen molar-refractivity contribution < 1.29 is 9.00 Å². The van der Waals surface area contributed by atoms with Crippen LogP contribution >= 0.6 is 0 Å². The number of carbonyl (C=O) groups excluding carboxylic acids is 1. The van der Waals surface area contributed by atoms with Gasteiger partial charge in [-0.15, -0.1) is 0 Å². The van der Waals surface area contributed by atoms with Gasteiger partial charge in [0.1, 0.15) is 0 Å². The lowest BCUT2D eigenvalue weighted by molar-refractivity contribution is 0.242. The Bertz CT molecular complexity index is 798. The van der Waals surface area contributed by atoms with Crippen molar-refractivity contribution in [2.24, 2.45) is 5.73 Å². The number of hydrogen-bond acceptors (Lipinski definition) is 2. The van der Waals surface area contributed by atoms with Crippen LogP contribution in [0, 0.1) is 13.8 Å². The summed E-state index contributed by atoms with van der Waals surface area (Å²) < 4.78 is 13.9. The normalized spacial score (nSPS) is 11.8. The molecule has 1 unspecified atom stereocenters. The van der Waals surface area contributed by atoms with Crippen LogP contribution in [-0.4, -0.2) is 14.5 Å². The molecule has 0 radical (unpaired) electrons. The molecule has 0 spiro atoms. The van der Waals surface area contributed by atoms with Crippen molar-refractivity contribution >= 4 is 22.7 Å². The molecule has 0 saturated carbocycles. The van der Waals surface area contributed by atoms with Gasteiger partial charge in [0.2, 0.25) is 0 Å². The Balaban J connectivity index is 2.39. The lowest BCUT2D eigenvalue weighted by atomic mass is 10.0. The van der Waals surface area contributed by atoms with Crippen LogP contribution in [0.1, 0.15) is 29.2 Å². The highest BCUT2D eigenvalue weighted by atomic mass is 32.2. The fourth-order valence-corrected chi connectivity index (χ4v) is 3.55. The zero-order chi connectivity index (χ0) is 17.9. The van der Waals surface area contributed by atoms with Gasteiger partial charge < -0.3 is 5.73 Å². The molecule has 1 atom stereocenters. The Labute approximate surface area is 145 Å². The lowest BCUT2D eigenvalue weighted by Crippen LogP contribution is -2.35. The van der Waals surface area contributed by atoms with Crippen LogP contribution in [0.2, 0.25) is 0 Å². The monoisotopic (exact) mass is 342 g/mol. The Hall–Kier alpha value is -2.40. The first-order chi connectivity index (χ1) is 11.3. The zero-order valence-corrected chi connectivity index (χ0v) is 15.0. The van der Waals surface area contributed by atoms with E-state index in [0.717, 1.165) is 33.0 Å². The van der Waals surface area contributed by atoms with Gasteiger partial charge in [-0.2, -0.15) is 0 Å². The van der Waals surface area contributed by atoms with E-state index >= 15 is 0 Å². The highest BCUT2D eigenvalue weighted by Crippen LogP contribution is 2.26. The maximum absolute atomic E-state index is 12.9. The van der Waals surface area contributed by atoms with Crippen LogP contribution in [0.25, 0.3) is 5.70 Å². The number of aryl methyl sites for hydroxylation is 3. The minimum Gasteiger partial charge on any atom is -0.350 e. The van der Waals surface area contributed by atoms with Gasteiger partial charge in [-0.25, -0.2) is 13.3 Å². The maximum atomic E-state index is 12.9. The summed E-state index contributed by atoms with van der Waals surface area (Å²) in [7, 11) is -1.75. The molecule has 2 aromatic carbocycles. The van der Waals surface area contributed by atoms with Crippen LogP contribution in [0.4, 0.5) is 4.79 Å². The molecule has 126 valence electrons. The summed E-state index contributed by atoms with van der Waals surface area (Å²) in [5.74, 6) is 0. The molecule has 0 bridgehead atoms. The highest BCUT2D eigenvalue weighted by Gasteiger charge is 2.24. The molecule has 2 amide bonds. The maximum Gasteiger partial charge on any atom is 0.331 e. The lowest BCUT2D eigenvalue weighted by Gasteiger charge is -2.23. The van der Waals surface area contributed by atoms with E-state index in [1.807, 2.05) is 51.1 Å². The SMILES string of the molecule is C=C(c1ccc(C)cc1C)N(C(N)=O)S(=O)c1ccc(CC)cc1. The minimum atomic E-state index is -1.75. The molecule has 0 saturated heterocycles. The predicted octanol–water partition coefficient (Wildman–Crippen LogP) is 3.94. The average Bonchev–Trinajstić information content (AvgIpc) is 2.54. The Kier molecular flexibility index (Phi) is 5.57. The van der Waals surface area contributed by atoms with E-state index in [-0.39, 0.29) is 0 Å². The summed E-state index contributed by atoms with van der Waals surface area (Å²) in [5.41, 5.74) is 9.75. The van der Waals surface area contributed by atoms with Crippen molar-refractivity contribution in [3.05, 3.63) is 71.3 Å². The van der Waals surface area contributed by atoms with E-state index < -0.39 is 17.0 Å². The molecular weight excluding hydrogens is 320 g/mol. The van der Waals surface area contributed by atoms with E-state index in [1.165, 1.54) is 0 Å². The van der Waals surface area contributed by atoms with E-state index in [4.69, 9.17) is 5.73 Å². The second-order valence-electron chi connectivity index (χ2n) is 5.64. The summed E-state index contributed by atoms with van der Waals surface area (Å²) in [6.07, 6.45) is 0.891. The van der Waals surface area contributed by atoms with Crippen molar-refractivity contribution in [1.29, 1.82) is 0 Å². The molecule has 0 heterocycles. The van der Waals surface area contributed by atoms with Gasteiger partial charge in [-0.05, 0) is 43.5 Å². The summed E-state index contributed by atoms with van der Waals surface area (Å²) in [6, 6.07) is 12.3. The van der Waals surface area contributed by atoms with Gasteiger partial charge in [0.15, 0.2) is 11.0 Å². The molecule has 5 heteroatoms. The van der Waals surface area contributed by atoms with Gasteiger partial charge in [0.05, 0.1) is 10.6 Å². The van der Waals surface area contributed by atoms with E-state index in [9.17, 15) is 9.00 Å². The molecule has 0 fully saturated rings. The number of carbonyl (C=O) groups is 1. The Morgan fingerprint density at radius 2 is 1.79 bits per heavy atom. The molecule has 2 aromatic rings. The van der Waals surface area contributed by atoms with Crippen LogP contribution in [0.5, 0.6) is 0 Å². The number of benzene rings is 2. The standard InChI is InChI=1S/C19H22N2O2S/c1-5-16-7-9-17(10-8-16)24(23)21(19(20)22)15(4)18-11-6-13(2)12-14(18)3/h6-12H,4-5H2,1-3H3,(H2,20,22). The third-order valence-electron chi connectivity index (χ3n) is 3.84. The first-order valence-electron chi connectivity index (χ1n) is 7.72. The minimum absolute atomic E-state index is 0.331. The summed E-state index contributed by atoms with van der Waals surface area (Å²) in [6.45, 7) is 9.90. The second kappa shape index (κ2) is 7.45. The summed E-state index contributed by atoms with van der Waals surface area (Å²) in [5, 5.41) is 0.